The minimum absolute atomic E-state index is 0.0100. The zero-order chi connectivity index (χ0) is 13.1. The molecule has 0 amide bonds. The Morgan fingerprint density at radius 1 is 1.24 bits per heavy atom. The summed E-state index contributed by atoms with van der Waals surface area (Å²) in [5, 5.41) is 0. The highest BCUT2D eigenvalue weighted by Crippen LogP contribution is 2.44. The molecule has 1 aromatic carbocycles. The molecule has 0 fully saturated rings. The minimum atomic E-state index is -2.59. The summed E-state index contributed by atoms with van der Waals surface area (Å²) in [6.45, 7) is 7.95. The fourth-order valence-electron chi connectivity index (χ4n) is 2.46. The van der Waals surface area contributed by atoms with Crippen LogP contribution < -0.4 is 0 Å². The first-order valence-corrected chi connectivity index (χ1v) is 6.56. The first kappa shape index (κ1) is 14.1. The van der Waals surface area contributed by atoms with Gasteiger partial charge in [-0.15, -0.1) is 0 Å². The molecule has 96 valence electrons. The standard InChI is InChI=1S/C13H16F2.C2H6/c1-3-4-10-6-5-9(2)11-7-8-13(14,15)12(10)11;1-2/h5-6H,3-4,7-8H2,1-2H3;1-2H3. The topological polar surface area (TPSA) is 0 Å². The van der Waals surface area contributed by atoms with Crippen molar-refractivity contribution in [2.75, 3.05) is 0 Å². The van der Waals surface area contributed by atoms with Crippen molar-refractivity contribution in [2.24, 2.45) is 0 Å². The number of alkyl halides is 2. The van der Waals surface area contributed by atoms with E-state index in [1.54, 1.807) is 0 Å². The summed E-state index contributed by atoms with van der Waals surface area (Å²) in [4.78, 5) is 0. The van der Waals surface area contributed by atoms with Crippen molar-refractivity contribution in [3.05, 3.63) is 34.4 Å². The van der Waals surface area contributed by atoms with Crippen LogP contribution >= 0.6 is 0 Å². The fourth-order valence-corrected chi connectivity index (χ4v) is 2.46. The summed E-state index contributed by atoms with van der Waals surface area (Å²) in [6.07, 6.45) is 2.21. The lowest BCUT2D eigenvalue weighted by atomic mass is 9.95. The van der Waals surface area contributed by atoms with Crippen molar-refractivity contribution >= 4 is 0 Å². The normalized spacial score (nSPS) is 16.1. The molecule has 1 aliphatic carbocycles. The minimum Gasteiger partial charge on any atom is -0.201 e. The summed E-state index contributed by atoms with van der Waals surface area (Å²) < 4.78 is 27.4. The molecular formula is C15H22F2. The molecule has 0 saturated carbocycles. The van der Waals surface area contributed by atoms with E-state index in [1.807, 2.05) is 39.8 Å². The average Bonchev–Trinajstić information content (AvgIpc) is 2.63. The van der Waals surface area contributed by atoms with Crippen LogP contribution in [-0.4, -0.2) is 0 Å². The van der Waals surface area contributed by atoms with Gasteiger partial charge in [-0.2, -0.15) is 0 Å². The molecule has 1 aromatic rings. The molecule has 0 nitrogen and oxygen atoms in total. The van der Waals surface area contributed by atoms with Crippen molar-refractivity contribution in [3.8, 4) is 0 Å². The molecule has 17 heavy (non-hydrogen) atoms. The Labute approximate surface area is 103 Å². The van der Waals surface area contributed by atoms with E-state index in [9.17, 15) is 8.78 Å². The number of halogens is 2. The maximum absolute atomic E-state index is 13.7. The largest absolute Gasteiger partial charge is 0.274 e. The molecule has 0 spiro atoms. The zero-order valence-corrected chi connectivity index (χ0v) is 11.2. The van der Waals surface area contributed by atoms with Gasteiger partial charge < -0.3 is 0 Å². The molecule has 0 bridgehead atoms. The van der Waals surface area contributed by atoms with Crippen LogP contribution in [-0.2, 0) is 18.8 Å². The summed E-state index contributed by atoms with van der Waals surface area (Å²) in [5.41, 5.74) is 3.10. The van der Waals surface area contributed by atoms with Gasteiger partial charge in [0, 0.05) is 12.0 Å². The zero-order valence-electron chi connectivity index (χ0n) is 11.2. The summed E-state index contributed by atoms with van der Waals surface area (Å²) >= 11 is 0. The maximum atomic E-state index is 13.7. The van der Waals surface area contributed by atoms with Gasteiger partial charge in [0.1, 0.15) is 0 Å². The Bertz CT molecular complexity index is 381. The van der Waals surface area contributed by atoms with E-state index < -0.39 is 5.92 Å². The van der Waals surface area contributed by atoms with Gasteiger partial charge >= 0.3 is 0 Å². The molecule has 1 aliphatic rings. The van der Waals surface area contributed by atoms with E-state index in [2.05, 4.69) is 0 Å². The SMILES string of the molecule is CC.CCCc1ccc(C)c2c1C(F)(F)CC2. The van der Waals surface area contributed by atoms with Crippen molar-refractivity contribution in [3.63, 3.8) is 0 Å². The van der Waals surface area contributed by atoms with Gasteiger partial charge in [-0.1, -0.05) is 39.3 Å². The van der Waals surface area contributed by atoms with Gasteiger partial charge in [-0.3, -0.25) is 0 Å². The molecular weight excluding hydrogens is 218 g/mol. The van der Waals surface area contributed by atoms with Crippen LogP contribution in [0.2, 0.25) is 0 Å². The van der Waals surface area contributed by atoms with Crippen molar-refractivity contribution in [1.82, 2.24) is 0 Å². The van der Waals surface area contributed by atoms with Gasteiger partial charge in [0.25, 0.3) is 5.92 Å². The second-order valence-electron chi connectivity index (χ2n) is 4.35. The third-order valence-corrected chi connectivity index (χ3v) is 3.21. The smallest absolute Gasteiger partial charge is 0.201 e. The van der Waals surface area contributed by atoms with Crippen LogP contribution in [0.15, 0.2) is 12.1 Å². The van der Waals surface area contributed by atoms with E-state index in [4.69, 9.17) is 0 Å². The van der Waals surface area contributed by atoms with Crippen molar-refractivity contribution < 1.29 is 8.78 Å². The first-order chi connectivity index (χ1) is 8.06. The Morgan fingerprint density at radius 2 is 1.88 bits per heavy atom. The highest BCUT2D eigenvalue weighted by Gasteiger charge is 2.41. The number of benzene rings is 1. The first-order valence-electron chi connectivity index (χ1n) is 6.56. The molecule has 2 rings (SSSR count). The lowest BCUT2D eigenvalue weighted by Gasteiger charge is -2.16. The Hall–Kier alpha value is -0.920. The molecule has 0 aromatic heterocycles. The van der Waals surface area contributed by atoms with Crippen LogP contribution in [0.5, 0.6) is 0 Å². The lowest BCUT2D eigenvalue weighted by molar-refractivity contribution is -0.00264. The van der Waals surface area contributed by atoms with Crippen LogP contribution in [0, 0.1) is 6.92 Å². The van der Waals surface area contributed by atoms with E-state index in [-0.39, 0.29) is 6.42 Å². The molecule has 0 heterocycles. The summed E-state index contributed by atoms with van der Waals surface area (Å²) in [6, 6.07) is 3.85. The van der Waals surface area contributed by atoms with Crippen LogP contribution in [0.4, 0.5) is 8.78 Å². The molecule has 0 radical (unpaired) electrons. The molecule has 2 heteroatoms. The molecule has 0 N–H and O–H groups in total. The average molecular weight is 240 g/mol. The molecule has 0 aliphatic heterocycles. The lowest BCUT2D eigenvalue weighted by Crippen LogP contribution is -2.11. The third kappa shape index (κ3) is 2.67. The Balaban J connectivity index is 0.000000686. The van der Waals surface area contributed by atoms with Crippen molar-refractivity contribution in [2.45, 2.75) is 59.3 Å². The predicted octanol–water partition coefficient (Wildman–Crippen LogP) is 5.01. The second kappa shape index (κ2) is 5.61. The number of rotatable bonds is 2. The predicted molar refractivity (Wildman–Crippen MR) is 68.7 cm³/mol. The van der Waals surface area contributed by atoms with Crippen LogP contribution in [0.3, 0.4) is 0 Å². The number of hydrogen-bond donors (Lipinski definition) is 0. The number of aryl methyl sites for hydroxylation is 2. The molecule has 0 atom stereocenters. The molecule has 0 unspecified atom stereocenters. The quantitative estimate of drug-likeness (QED) is 0.681. The van der Waals surface area contributed by atoms with Gasteiger partial charge in [0.15, 0.2) is 0 Å². The third-order valence-electron chi connectivity index (χ3n) is 3.21. The van der Waals surface area contributed by atoms with Gasteiger partial charge in [-0.05, 0) is 36.5 Å². The monoisotopic (exact) mass is 240 g/mol. The van der Waals surface area contributed by atoms with E-state index >= 15 is 0 Å². The Kier molecular flexibility index (Phi) is 4.67. The number of fused-ring (bicyclic) bond motifs is 1. The van der Waals surface area contributed by atoms with Gasteiger partial charge in [-0.25, -0.2) is 8.78 Å². The summed E-state index contributed by atoms with van der Waals surface area (Å²) in [7, 11) is 0. The maximum Gasteiger partial charge on any atom is 0.274 e. The Morgan fingerprint density at radius 3 is 2.47 bits per heavy atom. The van der Waals surface area contributed by atoms with E-state index in [1.165, 1.54) is 0 Å². The second-order valence-corrected chi connectivity index (χ2v) is 4.35. The fraction of sp³-hybridized carbons (Fsp3) is 0.600. The molecule has 0 saturated heterocycles. The highest BCUT2D eigenvalue weighted by molar-refractivity contribution is 5.46. The summed E-state index contributed by atoms with van der Waals surface area (Å²) in [5.74, 6) is -2.59. The van der Waals surface area contributed by atoms with E-state index in [0.717, 1.165) is 29.5 Å². The van der Waals surface area contributed by atoms with Crippen LogP contribution in [0.1, 0.15) is 55.9 Å². The van der Waals surface area contributed by atoms with Crippen molar-refractivity contribution in [1.29, 1.82) is 0 Å². The van der Waals surface area contributed by atoms with E-state index in [0.29, 0.717) is 12.0 Å². The highest BCUT2D eigenvalue weighted by atomic mass is 19.3. The van der Waals surface area contributed by atoms with Gasteiger partial charge in [0.05, 0.1) is 0 Å². The van der Waals surface area contributed by atoms with Crippen LogP contribution in [0.25, 0.3) is 0 Å². The van der Waals surface area contributed by atoms with Gasteiger partial charge in [0.2, 0.25) is 0 Å². The number of hydrogen-bond acceptors (Lipinski definition) is 0.